The van der Waals surface area contributed by atoms with Crippen LogP contribution in [-0.2, 0) is 92.7 Å². The number of unbranched alkanes of at least 4 members (excludes halogenated alkanes) is 2. The van der Waals surface area contributed by atoms with Crippen LogP contribution in [0.5, 0.6) is 11.5 Å². The molecule has 38 heteroatoms. The number of para-hydroxylation sites is 1. The minimum Gasteiger partial charge on any atom is -0.508 e. The standard InChI is InChI=1S/C82H111ClN14O19S4/c1-11-12-21-47(2)34-52-37-64(68(83)65(38-52)113-10)97(9)67(101)40-82(116-95-79(111)112,46-81(7)45-80(5,6)115-81)114-78(110)48(3)96(8)66(100)31-33-117-118-42-61(70(86)102)91-76(108)63-44-120-119-43-62(92-71(103)56(85)35-50-22-15-13-16-23-50)75(107)89-59(36-51-27-29-54(99)30-28-51)73(105)90-60(39-53-41-87-57-25-19-18-24-55(53)57)74(106)88-58(26-17-14-20-32-84)72(104)94-69(49(4)98)77(109)93-63/h11-13,15-16,18-19,21-25,27-30,37-38,41,48-49,56,58-63,69,87,95,98-99H,14,17,20,26,31-36,39-40,42-46,84-85H2,1-10H3,(H2,86,102)(H,88,106)(H,89,107)(H,90,105)(H,91,108)(H,92,103)(H,93,109)(H,94,104)(H,111,112)/b12-11+,47-21+/t48-,49+,56+,58-,59-,60+,61-,62-,63-,69-,81+,82?/m0/s1. The third-order valence-electron chi connectivity index (χ3n) is 19.9. The van der Waals surface area contributed by atoms with E-state index < -0.39 is 155 Å². The molecule has 120 heavy (non-hydrogen) atoms. The molecule has 3 heterocycles. The van der Waals surface area contributed by atoms with E-state index in [0.29, 0.717) is 66.2 Å². The van der Waals surface area contributed by atoms with Crippen molar-refractivity contribution in [1.82, 2.24) is 52.6 Å². The van der Waals surface area contributed by atoms with E-state index in [1.54, 1.807) is 73.8 Å². The number of carbonyl (C=O) groups excluding carboxylic acids is 11. The van der Waals surface area contributed by atoms with Crippen LogP contribution in [0.4, 0.5) is 10.5 Å². The average Bonchev–Trinajstić information content (AvgIpc) is 0.867. The summed E-state index contributed by atoms with van der Waals surface area (Å²) in [5, 5.41) is 51.0. The number of methoxy groups -OCH3 is 1. The van der Waals surface area contributed by atoms with Crippen molar-refractivity contribution in [3.8, 4) is 11.5 Å². The molecule has 7 rings (SSSR count). The monoisotopic (exact) mass is 1760 g/mol. The first-order chi connectivity index (χ1) is 56.9. The molecule has 2 fully saturated rings. The molecule has 11 amide bonds. The maximum atomic E-state index is 15.1. The number of nitrogens with one attached hydrogen (secondary N) is 9. The molecule has 0 radical (unpaired) electrons. The highest BCUT2D eigenvalue weighted by Crippen LogP contribution is 2.48. The molecule has 18 N–H and O–H groups in total. The molecule has 4 aromatic carbocycles. The number of nitrogens with two attached hydrogens (primary N) is 3. The maximum absolute atomic E-state index is 15.1. The molecule has 2 saturated heterocycles. The summed E-state index contributed by atoms with van der Waals surface area (Å²) in [4.78, 5) is 183. The van der Waals surface area contributed by atoms with Crippen LogP contribution in [-0.4, -0.2) is 225 Å². The van der Waals surface area contributed by atoms with Gasteiger partial charge in [0, 0.05) is 86.3 Å². The highest BCUT2D eigenvalue weighted by Gasteiger charge is 2.56. The molecule has 1 unspecified atom stereocenters. The number of allylic oxidation sites excluding steroid dienone is 4. The Kier molecular flexibility index (Phi) is 37.8. The van der Waals surface area contributed by atoms with Crippen molar-refractivity contribution in [2.45, 2.75) is 203 Å². The number of aliphatic hydroxyl groups is 1. The van der Waals surface area contributed by atoms with Gasteiger partial charge in [0.2, 0.25) is 64.9 Å². The zero-order valence-corrected chi connectivity index (χ0v) is 72.8. The second-order valence-corrected chi connectivity index (χ2v) is 36.0. The molecular weight excluding hydrogens is 1650 g/mol. The van der Waals surface area contributed by atoms with Gasteiger partial charge >= 0.3 is 12.1 Å². The smallest absolute Gasteiger partial charge is 0.428 e. The number of hydrogen-bond acceptors (Lipinski definition) is 24. The molecule has 2 aliphatic heterocycles. The van der Waals surface area contributed by atoms with Gasteiger partial charge in [-0.2, -0.15) is 5.48 Å². The van der Waals surface area contributed by atoms with Crippen LogP contribution in [0.15, 0.2) is 121 Å². The number of carbonyl (C=O) groups is 12. The number of amides is 11. The fourth-order valence-electron chi connectivity index (χ4n) is 13.8. The number of aliphatic hydroxyl groups excluding tert-OH is 1. The first-order valence-corrected chi connectivity index (χ1v) is 44.4. The quantitative estimate of drug-likeness (QED) is 0.00575. The number of hydrogen-bond donors (Lipinski definition) is 15. The van der Waals surface area contributed by atoms with Crippen molar-refractivity contribution in [2.24, 2.45) is 17.2 Å². The molecule has 12 atom stereocenters. The minimum absolute atomic E-state index is 0.0324. The summed E-state index contributed by atoms with van der Waals surface area (Å²) in [5.74, 6) is -13.0. The maximum Gasteiger partial charge on any atom is 0.428 e. The lowest BCUT2D eigenvalue weighted by atomic mass is 9.78. The summed E-state index contributed by atoms with van der Waals surface area (Å²) >= 11 is 6.85. The van der Waals surface area contributed by atoms with Gasteiger partial charge in [0.15, 0.2) is 0 Å². The summed E-state index contributed by atoms with van der Waals surface area (Å²) in [6.07, 6.45) is 4.32. The van der Waals surface area contributed by atoms with Crippen LogP contribution in [0, 0.1) is 0 Å². The first kappa shape index (κ1) is 97.6. The number of phenols is 1. The van der Waals surface area contributed by atoms with Gasteiger partial charge in [0.25, 0.3) is 0 Å². The summed E-state index contributed by atoms with van der Waals surface area (Å²) < 4.78 is 17.9. The van der Waals surface area contributed by atoms with Gasteiger partial charge in [-0.15, -0.1) is 0 Å². The largest absolute Gasteiger partial charge is 0.508 e. The summed E-state index contributed by atoms with van der Waals surface area (Å²) in [5.41, 5.74) is 22.6. The van der Waals surface area contributed by atoms with Crippen LogP contribution in [0.25, 0.3) is 10.9 Å². The van der Waals surface area contributed by atoms with E-state index in [9.17, 15) is 63.3 Å². The minimum atomic E-state index is -2.41. The predicted molar refractivity (Wildman–Crippen MR) is 463 cm³/mol. The van der Waals surface area contributed by atoms with Crippen LogP contribution < -0.4 is 69.5 Å². The molecule has 0 aliphatic carbocycles. The Labute approximate surface area is 718 Å². The summed E-state index contributed by atoms with van der Waals surface area (Å²) in [6, 6.07) is 11.9. The fourth-order valence-corrected chi connectivity index (χ4v) is 18.6. The molecule has 2 aliphatic rings. The Bertz CT molecular complexity index is 4460. The first-order valence-electron chi connectivity index (χ1n) is 39.1. The Balaban J connectivity index is 1.11. The second-order valence-electron chi connectivity index (χ2n) is 30.5. The van der Waals surface area contributed by atoms with Crippen molar-refractivity contribution in [1.29, 1.82) is 0 Å². The van der Waals surface area contributed by atoms with Crippen LogP contribution in [0.1, 0.15) is 122 Å². The molecule has 5 aromatic rings. The topological polar surface area (TPSA) is 499 Å². The number of H-pyrrole nitrogens is 1. The number of ether oxygens (including phenoxy) is 3. The number of aromatic nitrogens is 1. The zero-order chi connectivity index (χ0) is 88.2. The number of rotatable bonds is 37. The molecule has 654 valence electrons. The number of aromatic hydroxyl groups is 1. The van der Waals surface area contributed by atoms with Gasteiger partial charge in [0.05, 0.1) is 42.6 Å². The normalized spacial score (nSPS) is 21.1. The van der Waals surface area contributed by atoms with E-state index in [4.69, 9.17) is 47.9 Å². The summed E-state index contributed by atoms with van der Waals surface area (Å²) in [6.45, 7) is 12.0. The molecular formula is C82H111ClN14O19S4. The lowest BCUT2D eigenvalue weighted by Gasteiger charge is -2.54. The van der Waals surface area contributed by atoms with Gasteiger partial charge in [-0.25, -0.2) is 14.4 Å². The number of esters is 1. The van der Waals surface area contributed by atoms with Gasteiger partial charge in [-0.05, 0) is 133 Å². The third kappa shape index (κ3) is 29.7. The number of likely N-dealkylation sites (N-methyl/N-ethyl adjacent to an activating group) is 1. The number of primary amides is 1. The summed E-state index contributed by atoms with van der Waals surface area (Å²) in [7, 11) is 8.12. The number of benzene rings is 4. The fraction of sp³-hybridized carbons (Fsp3) is 0.488. The van der Waals surface area contributed by atoms with E-state index in [1.807, 2.05) is 57.5 Å². The Morgan fingerprint density at radius 3 is 2.11 bits per heavy atom. The van der Waals surface area contributed by atoms with E-state index >= 15 is 9.59 Å². The van der Waals surface area contributed by atoms with Gasteiger partial charge in [-0.3, -0.25) is 47.9 Å². The predicted octanol–water partition coefficient (Wildman–Crippen LogP) is 5.59. The number of carboxylic acid groups (broad SMARTS) is 1. The van der Waals surface area contributed by atoms with Crippen molar-refractivity contribution in [2.75, 3.05) is 55.7 Å². The Morgan fingerprint density at radius 2 is 1.46 bits per heavy atom. The molecule has 0 spiro atoms. The highest BCUT2D eigenvalue weighted by atomic mass is 35.5. The molecule has 33 nitrogen and oxygen atoms in total. The molecule has 0 bridgehead atoms. The second kappa shape index (κ2) is 46.4. The number of anilines is 1. The SMILES string of the molecule is C/C=C/C=C(\C)Cc1cc(OC)c(Cl)c(N(C)C(=O)CC(C[C@@]2(C)CC(C)(C)O2)(ONC(=O)O)OC(=O)[C@H](C)N(C)C(=O)CCSSC[C@H](NC(=O)[C@@H]2CSSC[C@H](NC(=O)[C@H](N)Cc3ccccc3)C(=O)N[C@@H](Cc3ccc(O)cc3)C(=O)N[C@H](Cc3c[nH]c4ccccc34)C(=O)N[C@@H](CCCCCN)C(=O)N[C@@H]([C@@H](C)O)C(=O)N2)C(N)=O)c1. The van der Waals surface area contributed by atoms with E-state index in [1.165, 1.54) is 64.2 Å². The van der Waals surface area contributed by atoms with Gasteiger partial charge < -0.3 is 98.7 Å². The number of hydroxylamine groups is 1. The van der Waals surface area contributed by atoms with Crippen molar-refractivity contribution < 1.29 is 91.9 Å². The Morgan fingerprint density at radius 1 is 0.808 bits per heavy atom. The molecule has 1 aromatic heterocycles. The number of phenolic OH excluding ortho intramolecular Hbond substituents is 1. The van der Waals surface area contributed by atoms with E-state index in [-0.39, 0.29) is 83.7 Å². The number of aromatic amines is 1. The molecule has 0 saturated carbocycles. The Hall–Kier alpha value is -9.57. The van der Waals surface area contributed by atoms with Crippen molar-refractivity contribution >= 4 is 143 Å². The van der Waals surface area contributed by atoms with Crippen LogP contribution in [0.3, 0.4) is 0 Å². The van der Waals surface area contributed by atoms with Crippen LogP contribution in [0.2, 0.25) is 5.02 Å². The number of halogens is 1. The van der Waals surface area contributed by atoms with Crippen LogP contribution >= 0.6 is 54.8 Å². The lowest BCUT2D eigenvalue weighted by Crippen LogP contribution is -2.62. The number of nitrogens with zero attached hydrogens (tertiary/aromatic N) is 2. The average molecular weight is 1760 g/mol. The highest BCUT2D eigenvalue weighted by molar-refractivity contribution is 8.77. The number of fused-ring (bicyclic) bond motifs is 1. The lowest BCUT2D eigenvalue weighted by molar-refractivity contribution is -0.315. The van der Waals surface area contributed by atoms with Gasteiger partial charge in [0.1, 0.15) is 64.9 Å². The van der Waals surface area contributed by atoms with Crippen molar-refractivity contribution in [3.63, 3.8) is 0 Å². The van der Waals surface area contributed by atoms with E-state index in [0.717, 1.165) is 59.2 Å². The van der Waals surface area contributed by atoms with Crippen molar-refractivity contribution in [3.05, 3.63) is 148 Å². The third-order valence-corrected chi connectivity index (χ3v) is 25.1. The van der Waals surface area contributed by atoms with E-state index in [2.05, 4.69) is 42.2 Å². The zero-order valence-electron chi connectivity index (χ0n) is 68.8. The van der Waals surface area contributed by atoms with Gasteiger partial charge in [-0.1, -0.05) is 152 Å².